The van der Waals surface area contributed by atoms with Gasteiger partial charge in [0.25, 0.3) is 5.91 Å². The Labute approximate surface area is 179 Å². The highest BCUT2D eigenvalue weighted by atomic mass is 35.5. The van der Waals surface area contributed by atoms with Gasteiger partial charge in [0, 0.05) is 22.7 Å². The van der Waals surface area contributed by atoms with Crippen LogP contribution < -0.4 is 10.1 Å². The molecule has 1 heterocycles. The van der Waals surface area contributed by atoms with Crippen molar-refractivity contribution < 1.29 is 9.53 Å². The molecule has 0 saturated carbocycles. The van der Waals surface area contributed by atoms with Crippen LogP contribution in [0.4, 0.5) is 5.95 Å². The maximum atomic E-state index is 13.1. The highest BCUT2D eigenvalue weighted by molar-refractivity contribution is 6.30. The number of carbonyl (C=O) groups excluding carboxylic acids is 1. The third kappa shape index (κ3) is 4.34. The average molecular weight is 419 g/mol. The molecule has 7 heteroatoms. The Morgan fingerprint density at radius 1 is 1.00 bits per heavy atom. The standard InChI is InChI=1S/C23H19ClN4O2/c1-30-20-13-9-17(10-14-20)21-26-23(25-15-16-5-3-2-4-6-16)28(27-21)22(29)18-7-11-19(24)12-8-18/h2-14H,15H2,1H3,(H,25,26,27). The number of rotatable bonds is 6. The normalized spacial score (nSPS) is 10.6. The molecule has 6 nitrogen and oxygen atoms in total. The van der Waals surface area contributed by atoms with Crippen molar-refractivity contribution in [2.45, 2.75) is 6.54 Å². The summed E-state index contributed by atoms with van der Waals surface area (Å²) in [4.78, 5) is 17.7. The first-order valence-electron chi connectivity index (χ1n) is 9.33. The van der Waals surface area contributed by atoms with Gasteiger partial charge in [0.05, 0.1) is 7.11 Å². The number of benzene rings is 3. The summed E-state index contributed by atoms with van der Waals surface area (Å²) >= 11 is 5.95. The van der Waals surface area contributed by atoms with E-state index in [-0.39, 0.29) is 5.91 Å². The lowest BCUT2D eigenvalue weighted by Gasteiger charge is -2.07. The molecule has 0 unspecified atom stereocenters. The monoisotopic (exact) mass is 418 g/mol. The van der Waals surface area contributed by atoms with Gasteiger partial charge in [-0.05, 0) is 54.1 Å². The van der Waals surface area contributed by atoms with Crippen LogP contribution in [0.25, 0.3) is 11.4 Å². The smallest absolute Gasteiger partial charge is 0.281 e. The Hall–Kier alpha value is -3.64. The van der Waals surface area contributed by atoms with E-state index in [0.29, 0.717) is 28.9 Å². The molecule has 150 valence electrons. The number of methoxy groups -OCH3 is 1. The summed E-state index contributed by atoms with van der Waals surface area (Å²) < 4.78 is 6.49. The number of halogens is 1. The van der Waals surface area contributed by atoms with Crippen molar-refractivity contribution in [1.82, 2.24) is 14.8 Å². The number of nitrogens with one attached hydrogen (secondary N) is 1. The van der Waals surface area contributed by atoms with Gasteiger partial charge < -0.3 is 10.1 Å². The number of hydrogen-bond acceptors (Lipinski definition) is 5. The van der Waals surface area contributed by atoms with E-state index in [1.807, 2.05) is 54.6 Å². The molecule has 0 fully saturated rings. The lowest BCUT2D eigenvalue weighted by molar-refractivity contribution is 0.0947. The number of nitrogens with zero attached hydrogens (tertiary/aromatic N) is 3. The fraction of sp³-hybridized carbons (Fsp3) is 0.0870. The van der Waals surface area contributed by atoms with Gasteiger partial charge in [-0.25, -0.2) is 0 Å². The molecule has 0 radical (unpaired) electrons. The minimum atomic E-state index is -0.297. The first kappa shape index (κ1) is 19.7. The molecule has 4 rings (SSSR count). The number of carbonyl (C=O) groups is 1. The molecule has 0 atom stereocenters. The molecule has 0 aliphatic rings. The van der Waals surface area contributed by atoms with Crippen molar-refractivity contribution in [3.05, 3.63) is 95.0 Å². The largest absolute Gasteiger partial charge is 0.497 e. The second kappa shape index (κ2) is 8.80. The molecular formula is C23H19ClN4O2. The maximum absolute atomic E-state index is 13.1. The van der Waals surface area contributed by atoms with E-state index in [1.54, 1.807) is 31.4 Å². The Balaban J connectivity index is 1.68. The van der Waals surface area contributed by atoms with Gasteiger partial charge in [-0.3, -0.25) is 4.79 Å². The summed E-state index contributed by atoms with van der Waals surface area (Å²) in [6.45, 7) is 0.509. The van der Waals surface area contributed by atoms with E-state index < -0.39 is 0 Å². The number of aromatic nitrogens is 3. The third-order valence-corrected chi connectivity index (χ3v) is 4.78. The summed E-state index contributed by atoms with van der Waals surface area (Å²) in [7, 11) is 1.61. The number of hydrogen-bond donors (Lipinski definition) is 1. The van der Waals surface area contributed by atoms with Crippen molar-refractivity contribution in [1.29, 1.82) is 0 Å². The van der Waals surface area contributed by atoms with Gasteiger partial charge in [0.2, 0.25) is 5.95 Å². The van der Waals surface area contributed by atoms with E-state index >= 15 is 0 Å². The molecule has 4 aromatic rings. The van der Waals surface area contributed by atoms with Gasteiger partial charge in [0.1, 0.15) is 5.75 Å². The van der Waals surface area contributed by atoms with E-state index in [9.17, 15) is 4.79 Å². The summed E-state index contributed by atoms with van der Waals surface area (Å²) in [5.41, 5.74) is 2.31. The molecular weight excluding hydrogens is 400 g/mol. The minimum Gasteiger partial charge on any atom is -0.497 e. The molecule has 1 aromatic heterocycles. The predicted octanol–water partition coefficient (Wildman–Crippen LogP) is 4.91. The predicted molar refractivity (Wildman–Crippen MR) is 117 cm³/mol. The molecule has 1 N–H and O–H groups in total. The molecule has 3 aromatic carbocycles. The van der Waals surface area contributed by atoms with Crippen LogP contribution in [0.1, 0.15) is 15.9 Å². The van der Waals surface area contributed by atoms with Crippen LogP contribution in [0.15, 0.2) is 78.9 Å². The highest BCUT2D eigenvalue weighted by Crippen LogP contribution is 2.22. The lowest BCUT2D eigenvalue weighted by Crippen LogP contribution is -2.17. The summed E-state index contributed by atoms with van der Waals surface area (Å²) in [5.74, 6) is 1.24. The van der Waals surface area contributed by atoms with Crippen LogP contribution in [-0.2, 0) is 6.54 Å². The van der Waals surface area contributed by atoms with Crippen LogP contribution in [0, 0.1) is 0 Å². The fourth-order valence-corrected chi connectivity index (χ4v) is 3.05. The van der Waals surface area contributed by atoms with Crippen LogP contribution in [0.2, 0.25) is 5.02 Å². The van der Waals surface area contributed by atoms with E-state index in [0.717, 1.165) is 16.9 Å². The third-order valence-electron chi connectivity index (χ3n) is 4.53. The summed E-state index contributed by atoms with van der Waals surface area (Å²) in [5, 5.41) is 8.25. The first-order chi connectivity index (χ1) is 14.6. The van der Waals surface area contributed by atoms with Crippen molar-refractivity contribution in [2.24, 2.45) is 0 Å². The summed E-state index contributed by atoms with van der Waals surface area (Å²) in [6.07, 6.45) is 0. The van der Waals surface area contributed by atoms with Crippen LogP contribution >= 0.6 is 11.6 Å². The van der Waals surface area contributed by atoms with Gasteiger partial charge >= 0.3 is 0 Å². The molecule has 0 aliphatic heterocycles. The quantitative estimate of drug-likeness (QED) is 0.482. The first-order valence-corrected chi connectivity index (χ1v) is 9.71. The van der Waals surface area contributed by atoms with Gasteiger partial charge in [-0.15, -0.1) is 5.10 Å². The van der Waals surface area contributed by atoms with Crippen molar-refractivity contribution in [3.63, 3.8) is 0 Å². The lowest BCUT2D eigenvalue weighted by atomic mass is 10.2. The zero-order valence-electron chi connectivity index (χ0n) is 16.2. The Morgan fingerprint density at radius 2 is 1.70 bits per heavy atom. The van der Waals surface area contributed by atoms with Crippen molar-refractivity contribution >= 4 is 23.5 Å². The number of ether oxygens (including phenoxy) is 1. The second-order valence-electron chi connectivity index (χ2n) is 6.55. The number of anilines is 1. The Kier molecular flexibility index (Phi) is 5.77. The Morgan fingerprint density at radius 3 is 2.37 bits per heavy atom. The van der Waals surface area contributed by atoms with Gasteiger partial charge in [0.15, 0.2) is 5.82 Å². The Bertz CT molecular complexity index is 1140. The van der Waals surface area contributed by atoms with Crippen LogP contribution in [-0.4, -0.2) is 27.8 Å². The fourth-order valence-electron chi connectivity index (χ4n) is 2.92. The topological polar surface area (TPSA) is 69.0 Å². The molecule has 0 saturated heterocycles. The molecule has 0 amide bonds. The van der Waals surface area contributed by atoms with Gasteiger partial charge in [-0.1, -0.05) is 41.9 Å². The van der Waals surface area contributed by atoms with Crippen LogP contribution in [0.3, 0.4) is 0 Å². The molecule has 30 heavy (non-hydrogen) atoms. The van der Waals surface area contributed by atoms with Crippen LogP contribution in [0.5, 0.6) is 5.75 Å². The van der Waals surface area contributed by atoms with Crippen molar-refractivity contribution in [2.75, 3.05) is 12.4 Å². The van der Waals surface area contributed by atoms with E-state index in [4.69, 9.17) is 16.3 Å². The van der Waals surface area contributed by atoms with E-state index in [2.05, 4.69) is 15.4 Å². The van der Waals surface area contributed by atoms with Crippen molar-refractivity contribution in [3.8, 4) is 17.1 Å². The van der Waals surface area contributed by atoms with E-state index in [1.165, 1.54) is 4.68 Å². The summed E-state index contributed by atoms with van der Waals surface area (Å²) in [6, 6.07) is 23.9. The molecule has 0 spiro atoms. The SMILES string of the molecule is COc1ccc(-c2nc(NCc3ccccc3)n(C(=O)c3ccc(Cl)cc3)n2)cc1. The molecule has 0 aliphatic carbocycles. The maximum Gasteiger partial charge on any atom is 0.281 e. The second-order valence-corrected chi connectivity index (χ2v) is 6.99. The zero-order valence-corrected chi connectivity index (χ0v) is 17.0. The van der Waals surface area contributed by atoms with Gasteiger partial charge in [-0.2, -0.15) is 9.67 Å². The zero-order chi connectivity index (χ0) is 20.9. The highest BCUT2D eigenvalue weighted by Gasteiger charge is 2.19. The average Bonchev–Trinajstić information content (AvgIpc) is 3.23. The molecule has 0 bridgehead atoms. The minimum absolute atomic E-state index is 0.297.